The normalized spacial score (nSPS) is 26.2. The Morgan fingerprint density at radius 2 is 2.18 bits per heavy atom. The average Bonchev–Trinajstić information content (AvgIpc) is 2.94. The van der Waals surface area contributed by atoms with Crippen molar-refractivity contribution in [2.24, 2.45) is 5.41 Å². The van der Waals surface area contributed by atoms with E-state index in [0.717, 1.165) is 25.9 Å². The van der Waals surface area contributed by atoms with Crippen LogP contribution in [0.1, 0.15) is 27.9 Å². The Labute approximate surface area is 99.5 Å². The SMILES string of the molecule is O=C(OO)c1ccc2c(c1)CC1(CCNC1)C2. The van der Waals surface area contributed by atoms with E-state index < -0.39 is 5.97 Å². The fourth-order valence-electron chi connectivity index (χ4n) is 3.11. The van der Waals surface area contributed by atoms with Crippen LogP contribution in [-0.4, -0.2) is 24.3 Å². The van der Waals surface area contributed by atoms with Gasteiger partial charge < -0.3 is 5.32 Å². The largest absolute Gasteiger partial charge is 0.372 e. The number of carbonyl (C=O) groups excluding carboxylic acids is 1. The first-order chi connectivity index (χ1) is 8.22. The predicted octanol–water partition coefficient (Wildman–Crippen LogP) is 1.39. The van der Waals surface area contributed by atoms with Crippen molar-refractivity contribution < 1.29 is 14.9 Å². The Kier molecular flexibility index (Phi) is 2.42. The van der Waals surface area contributed by atoms with E-state index in [0.29, 0.717) is 11.0 Å². The van der Waals surface area contributed by atoms with Crippen molar-refractivity contribution in [1.82, 2.24) is 5.32 Å². The van der Waals surface area contributed by atoms with Crippen LogP contribution >= 0.6 is 0 Å². The van der Waals surface area contributed by atoms with E-state index in [9.17, 15) is 4.79 Å². The predicted molar refractivity (Wildman–Crippen MR) is 61.8 cm³/mol. The van der Waals surface area contributed by atoms with Crippen LogP contribution in [0.3, 0.4) is 0 Å². The number of hydrogen-bond donors (Lipinski definition) is 2. The molecule has 4 nitrogen and oxygen atoms in total. The first kappa shape index (κ1) is 10.7. The second kappa shape index (κ2) is 3.82. The first-order valence-electron chi connectivity index (χ1n) is 5.91. The van der Waals surface area contributed by atoms with Crippen molar-refractivity contribution in [3.63, 3.8) is 0 Å². The molecule has 90 valence electrons. The smallest absolute Gasteiger partial charge is 0.316 e. The van der Waals surface area contributed by atoms with E-state index in [1.54, 1.807) is 6.07 Å². The zero-order chi connectivity index (χ0) is 11.9. The third kappa shape index (κ3) is 1.73. The van der Waals surface area contributed by atoms with Crippen molar-refractivity contribution in [3.8, 4) is 0 Å². The second-order valence-electron chi connectivity index (χ2n) is 5.14. The number of hydrogen-bond acceptors (Lipinski definition) is 4. The molecular formula is C13H15NO3. The summed E-state index contributed by atoms with van der Waals surface area (Å²) in [5.41, 5.74) is 3.32. The average molecular weight is 233 g/mol. The van der Waals surface area contributed by atoms with Gasteiger partial charge in [-0.3, -0.25) is 4.89 Å². The minimum absolute atomic E-state index is 0.351. The molecule has 2 N–H and O–H groups in total. The van der Waals surface area contributed by atoms with Crippen LogP contribution in [0, 0.1) is 5.41 Å². The maximum atomic E-state index is 11.2. The van der Waals surface area contributed by atoms with E-state index >= 15 is 0 Å². The van der Waals surface area contributed by atoms with Gasteiger partial charge in [-0.05, 0) is 54.5 Å². The first-order valence-corrected chi connectivity index (χ1v) is 5.91. The summed E-state index contributed by atoms with van der Waals surface area (Å²) in [4.78, 5) is 15.0. The van der Waals surface area contributed by atoms with E-state index in [4.69, 9.17) is 5.26 Å². The monoisotopic (exact) mass is 233 g/mol. The van der Waals surface area contributed by atoms with Crippen molar-refractivity contribution in [1.29, 1.82) is 0 Å². The van der Waals surface area contributed by atoms with Gasteiger partial charge in [0.05, 0.1) is 5.56 Å². The molecule has 1 heterocycles. The highest BCUT2D eigenvalue weighted by Gasteiger charge is 2.39. The molecule has 17 heavy (non-hydrogen) atoms. The fraction of sp³-hybridized carbons (Fsp3) is 0.462. The third-order valence-corrected chi connectivity index (χ3v) is 3.99. The molecule has 1 unspecified atom stereocenters. The molecule has 0 aromatic heterocycles. The minimum atomic E-state index is -0.682. The quantitative estimate of drug-likeness (QED) is 0.568. The lowest BCUT2D eigenvalue weighted by Crippen LogP contribution is -2.24. The Morgan fingerprint density at radius 3 is 2.88 bits per heavy atom. The highest BCUT2D eigenvalue weighted by molar-refractivity contribution is 5.89. The lowest BCUT2D eigenvalue weighted by Gasteiger charge is -2.20. The summed E-state index contributed by atoms with van der Waals surface area (Å²) >= 11 is 0. The van der Waals surface area contributed by atoms with Crippen LogP contribution in [0.2, 0.25) is 0 Å². The third-order valence-electron chi connectivity index (χ3n) is 3.99. The summed E-state index contributed by atoms with van der Waals surface area (Å²) < 4.78 is 0. The van der Waals surface area contributed by atoms with Crippen molar-refractivity contribution in [3.05, 3.63) is 34.9 Å². The van der Waals surface area contributed by atoms with Gasteiger partial charge in [0.25, 0.3) is 0 Å². The van der Waals surface area contributed by atoms with Crippen molar-refractivity contribution in [2.45, 2.75) is 19.3 Å². The lowest BCUT2D eigenvalue weighted by molar-refractivity contribution is -0.182. The van der Waals surface area contributed by atoms with Crippen LogP contribution in [0.15, 0.2) is 18.2 Å². The highest BCUT2D eigenvalue weighted by atomic mass is 17.1. The molecule has 0 amide bonds. The minimum Gasteiger partial charge on any atom is -0.316 e. The summed E-state index contributed by atoms with van der Waals surface area (Å²) in [5.74, 6) is -0.682. The van der Waals surface area contributed by atoms with Crippen molar-refractivity contribution in [2.75, 3.05) is 13.1 Å². The molecule has 0 saturated carbocycles. The zero-order valence-electron chi connectivity index (χ0n) is 9.53. The number of carbonyl (C=O) groups is 1. The lowest BCUT2D eigenvalue weighted by atomic mass is 9.84. The van der Waals surface area contributed by atoms with Gasteiger partial charge in [0.15, 0.2) is 0 Å². The molecule has 1 aromatic carbocycles. The van der Waals surface area contributed by atoms with Gasteiger partial charge in [0, 0.05) is 6.54 Å². The molecule has 0 bridgehead atoms. The molecule has 0 radical (unpaired) electrons. The molecule has 1 atom stereocenters. The molecular weight excluding hydrogens is 218 g/mol. The molecule has 2 aliphatic rings. The van der Waals surface area contributed by atoms with Crippen LogP contribution in [-0.2, 0) is 17.7 Å². The van der Waals surface area contributed by atoms with Crippen molar-refractivity contribution >= 4 is 5.97 Å². The van der Waals surface area contributed by atoms with Gasteiger partial charge in [-0.2, -0.15) is 5.26 Å². The van der Waals surface area contributed by atoms with E-state index in [1.807, 2.05) is 12.1 Å². The Bertz CT molecular complexity index is 464. The summed E-state index contributed by atoms with van der Waals surface area (Å²) in [6.45, 7) is 2.14. The van der Waals surface area contributed by atoms with Crippen LogP contribution < -0.4 is 5.32 Å². The Morgan fingerprint density at radius 1 is 1.35 bits per heavy atom. The topological polar surface area (TPSA) is 58.6 Å². The summed E-state index contributed by atoms with van der Waals surface area (Å²) in [6, 6.07) is 5.55. The second-order valence-corrected chi connectivity index (χ2v) is 5.14. The van der Waals surface area contributed by atoms with Gasteiger partial charge >= 0.3 is 5.97 Å². The van der Waals surface area contributed by atoms with Crippen LogP contribution in [0.4, 0.5) is 0 Å². The number of rotatable bonds is 1. The maximum absolute atomic E-state index is 11.2. The Hall–Kier alpha value is -1.39. The van der Waals surface area contributed by atoms with E-state index in [2.05, 4.69) is 10.2 Å². The van der Waals surface area contributed by atoms with E-state index in [-0.39, 0.29) is 0 Å². The number of benzene rings is 1. The van der Waals surface area contributed by atoms with Gasteiger partial charge in [0.2, 0.25) is 0 Å². The van der Waals surface area contributed by atoms with Crippen LogP contribution in [0.5, 0.6) is 0 Å². The maximum Gasteiger partial charge on any atom is 0.372 e. The molecule has 3 rings (SSSR count). The standard InChI is InChI=1S/C13H15NO3/c15-12(17-16)9-1-2-10-6-13(3-4-14-8-13)7-11(10)5-9/h1-2,5,14,16H,3-4,6-8H2. The summed E-state index contributed by atoms with van der Waals surface area (Å²) in [5, 5.41) is 11.8. The highest BCUT2D eigenvalue weighted by Crippen LogP contribution is 2.41. The fourth-order valence-corrected chi connectivity index (χ4v) is 3.11. The zero-order valence-corrected chi connectivity index (χ0v) is 9.53. The van der Waals surface area contributed by atoms with Gasteiger partial charge in [-0.25, -0.2) is 4.79 Å². The molecule has 1 saturated heterocycles. The molecule has 1 fully saturated rings. The van der Waals surface area contributed by atoms with Gasteiger partial charge in [-0.15, -0.1) is 0 Å². The molecule has 1 aliphatic carbocycles. The number of fused-ring (bicyclic) bond motifs is 1. The molecule has 1 aromatic rings. The van der Waals surface area contributed by atoms with E-state index in [1.165, 1.54) is 17.5 Å². The number of nitrogens with one attached hydrogen (secondary N) is 1. The van der Waals surface area contributed by atoms with Crippen LogP contribution in [0.25, 0.3) is 0 Å². The molecule has 4 heteroatoms. The van der Waals surface area contributed by atoms with Gasteiger partial charge in [0.1, 0.15) is 0 Å². The molecule has 1 spiro atoms. The summed E-state index contributed by atoms with van der Waals surface area (Å²) in [6.07, 6.45) is 3.30. The summed E-state index contributed by atoms with van der Waals surface area (Å²) in [7, 11) is 0. The van der Waals surface area contributed by atoms with Gasteiger partial charge in [-0.1, -0.05) is 6.07 Å². The molecule has 1 aliphatic heterocycles. The Balaban J connectivity index is 1.90.